The van der Waals surface area contributed by atoms with Gasteiger partial charge >= 0.3 is 0 Å². The number of aryl methyl sites for hydroxylation is 2. The number of nitrogens with zero attached hydrogens (tertiary/aromatic N) is 1. The van der Waals surface area contributed by atoms with Crippen LogP contribution in [0.1, 0.15) is 38.4 Å². The smallest absolute Gasteiger partial charge is 0.293 e. The molecule has 6 heteroatoms. The molecule has 0 aliphatic carbocycles. The maximum Gasteiger partial charge on any atom is 0.293 e. The summed E-state index contributed by atoms with van der Waals surface area (Å²) < 4.78 is 5.62. The normalized spacial score (nSPS) is 10.9. The summed E-state index contributed by atoms with van der Waals surface area (Å²) in [5, 5.41) is 4.00. The Hall–Kier alpha value is -2.47. The highest BCUT2D eigenvalue weighted by Gasteiger charge is 2.20. The molecule has 22 heavy (non-hydrogen) atoms. The number of anilines is 1. The molecule has 2 heterocycles. The van der Waals surface area contributed by atoms with Crippen molar-refractivity contribution >= 4 is 39.1 Å². The molecular weight excluding hydrogens is 300 g/mol. The predicted octanol–water partition coefficient (Wildman–Crippen LogP) is 3.96. The molecule has 0 aliphatic rings. The Morgan fingerprint density at radius 1 is 1.23 bits per heavy atom. The Morgan fingerprint density at radius 2 is 1.95 bits per heavy atom. The van der Waals surface area contributed by atoms with Crippen LogP contribution in [-0.2, 0) is 0 Å². The molecule has 112 valence electrons. The highest BCUT2D eigenvalue weighted by Crippen LogP contribution is 2.27. The number of amides is 1. The summed E-state index contributed by atoms with van der Waals surface area (Å²) in [5.41, 5.74) is 2.08. The van der Waals surface area contributed by atoms with Crippen LogP contribution < -0.4 is 5.32 Å². The fourth-order valence-electron chi connectivity index (χ4n) is 2.32. The first kappa shape index (κ1) is 14.5. The van der Waals surface area contributed by atoms with Crippen LogP contribution in [0.15, 0.2) is 28.7 Å². The van der Waals surface area contributed by atoms with Gasteiger partial charge in [0.1, 0.15) is 5.58 Å². The molecule has 0 atom stereocenters. The molecule has 0 fully saturated rings. The van der Waals surface area contributed by atoms with E-state index in [0.29, 0.717) is 21.3 Å². The van der Waals surface area contributed by atoms with Crippen LogP contribution in [0.5, 0.6) is 0 Å². The third kappa shape index (κ3) is 2.42. The van der Waals surface area contributed by atoms with Crippen LogP contribution in [0, 0.1) is 13.8 Å². The quantitative estimate of drug-likeness (QED) is 0.743. The number of benzene rings is 1. The summed E-state index contributed by atoms with van der Waals surface area (Å²) in [6.45, 7) is 5.07. The van der Waals surface area contributed by atoms with Crippen molar-refractivity contribution in [3.63, 3.8) is 0 Å². The lowest BCUT2D eigenvalue weighted by Gasteiger charge is -1.98. The van der Waals surface area contributed by atoms with Gasteiger partial charge < -0.3 is 4.42 Å². The number of carbonyl (C=O) groups excluding carboxylic acids is 2. The molecule has 0 aliphatic heterocycles. The standard InChI is InChI=1S/C16H14N2O3S/c1-8-11-6-4-5-7-12(11)21-13(8)15(20)18-16-17-9(2)14(22-16)10(3)19/h4-7H,1-3H3,(H,17,18,20). The molecule has 1 N–H and O–H groups in total. The van der Waals surface area contributed by atoms with E-state index >= 15 is 0 Å². The first-order valence-corrected chi connectivity index (χ1v) is 7.57. The third-order valence-corrected chi connectivity index (χ3v) is 4.56. The lowest BCUT2D eigenvalue weighted by molar-refractivity contribution is 0.0995. The monoisotopic (exact) mass is 314 g/mol. The molecule has 0 saturated carbocycles. The van der Waals surface area contributed by atoms with Crippen molar-refractivity contribution in [3.8, 4) is 0 Å². The molecule has 0 saturated heterocycles. The summed E-state index contributed by atoms with van der Waals surface area (Å²) in [6, 6.07) is 7.49. The van der Waals surface area contributed by atoms with Crippen molar-refractivity contribution in [2.24, 2.45) is 0 Å². The Bertz CT molecular complexity index is 892. The molecule has 0 radical (unpaired) electrons. The lowest BCUT2D eigenvalue weighted by atomic mass is 10.1. The number of ketones is 1. The van der Waals surface area contributed by atoms with Gasteiger partial charge in [0.05, 0.1) is 10.6 Å². The van der Waals surface area contributed by atoms with Gasteiger partial charge in [-0.3, -0.25) is 14.9 Å². The summed E-state index contributed by atoms with van der Waals surface area (Å²) >= 11 is 1.17. The van der Waals surface area contributed by atoms with Crippen molar-refractivity contribution in [2.45, 2.75) is 20.8 Å². The van der Waals surface area contributed by atoms with Gasteiger partial charge in [0.15, 0.2) is 16.7 Å². The fraction of sp³-hybridized carbons (Fsp3) is 0.188. The predicted molar refractivity (Wildman–Crippen MR) is 85.8 cm³/mol. The Morgan fingerprint density at radius 3 is 2.59 bits per heavy atom. The van der Waals surface area contributed by atoms with Crippen LogP contribution in [0.2, 0.25) is 0 Å². The van der Waals surface area contributed by atoms with Crippen LogP contribution in [0.25, 0.3) is 11.0 Å². The average molecular weight is 314 g/mol. The van der Waals surface area contributed by atoms with Crippen LogP contribution in [-0.4, -0.2) is 16.7 Å². The molecule has 0 bridgehead atoms. The fourth-order valence-corrected chi connectivity index (χ4v) is 3.18. The summed E-state index contributed by atoms with van der Waals surface area (Å²) in [7, 11) is 0. The maximum atomic E-state index is 12.4. The van der Waals surface area contributed by atoms with E-state index in [2.05, 4.69) is 10.3 Å². The number of thiazole rings is 1. The molecule has 3 aromatic rings. The van der Waals surface area contributed by atoms with Gasteiger partial charge in [-0.1, -0.05) is 29.5 Å². The first-order valence-electron chi connectivity index (χ1n) is 6.75. The molecule has 5 nitrogen and oxygen atoms in total. The Labute approximate surface area is 131 Å². The van der Waals surface area contributed by atoms with Crippen LogP contribution in [0.4, 0.5) is 5.13 Å². The van der Waals surface area contributed by atoms with Crippen molar-refractivity contribution < 1.29 is 14.0 Å². The zero-order chi connectivity index (χ0) is 15.9. The number of rotatable bonds is 3. The van der Waals surface area contributed by atoms with E-state index in [1.54, 1.807) is 6.92 Å². The summed E-state index contributed by atoms with van der Waals surface area (Å²) in [4.78, 5) is 28.6. The van der Waals surface area contributed by atoms with Gasteiger partial charge in [-0.15, -0.1) is 0 Å². The van der Waals surface area contributed by atoms with Crippen molar-refractivity contribution in [3.05, 3.63) is 46.2 Å². The number of furan rings is 1. The lowest BCUT2D eigenvalue weighted by Crippen LogP contribution is -2.11. The molecule has 2 aromatic heterocycles. The molecule has 3 rings (SSSR count). The van der Waals surface area contributed by atoms with Crippen molar-refractivity contribution in [1.82, 2.24) is 4.98 Å². The van der Waals surface area contributed by atoms with E-state index in [1.807, 2.05) is 31.2 Å². The number of hydrogen-bond donors (Lipinski definition) is 1. The number of aromatic nitrogens is 1. The minimum Gasteiger partial charge on any atom is -0.451 e. The van der Waals surface area contributed by atoms with Gasteiger partial charge in [-0.25, -0.2) is 4.98 Å². The minimum atomic E-state index is -0.363. The SMILES string of the molecule is CC(=O)c1sc(NC(=O)c2oc3ccccc3c2C)nc1C. The number of Topliss-reactive ketones (excluding diaryl/α,β-unsaturated/α-hetero) is 1. The molecule has 1 amide bonds. The third-order valence-electron chi connectivity index (χ3n) is 3.39. The topological polar surface area (TPSA) is 72.2 Å². The van der Waals surface area contributed by atoms with Gasteiger partial charge in [-0.2, -0.15) is 0 Å². The Kier molecular flexibility index (Phi) is 3.54. The zero-order valence-electron chi connectivity index (χ0n) is 12.4. The van der Waals surface area contributed by atoms with Gasteiger partial charge in [0.2, 0.25) is 0 Å². The van der Waals surface area contributed by atoms with E-state index in [4.69, 9.17) is 4.42 Å². The minimum absolute atomic E-state index is 0.0598. The van der Waals surface area contributed by atoms with Gasteiger partial charge in [0.25, 0.3) is 5.91 Å². The summed E-state index contributed by atoms with van der Waals surface area (Å²) in [6.07, 6.45) is 0. The van der Waals surface area contributed by atoms with Crippen LogP contribution >= 0.6 is 11.3 Å². The highest BCUT2D eigenvalue weighted by molar-refractivity contribution is 7.17. The van der Waals surface area contributed by atoms with E-state index in [1.165, 1.54) is 18.3 Å². The first-order chi connectivity index (χ1) is 10.5. The second kappa shape index (κ2) is 5.38. The van der Waals surface area contributed by atoms with E-state index in [-0.39, 0.29) is 17.5 Å². The van der Waals surface area contributed by atoms with Gasteiger partial charge in [-0.05, 0) is 19.9 Å². The van der Waals surface area contributed by atoms with E-state index in [9.17, 15) is 9.59 Å². The number of hydrogen-bond acceptors (Lipinski definition) is 5. The molecule has 0 spiro atoms. The van der Waals surface area contributed by atoms with Crippen LogP contribution in [0.3, 0.4) is 0 Å². The number of fused-ring (bicyclic) bond motifs is 1. The zero-order valence-corrected chi connectivity index (χ0v) is 13.2. The second-order valence-corrected chi connectivity index (χ2v) is 6.00. The van der Waals surface area contributed by atoms with Crippen molar-refractivity contribution in [1.29, 1.82) is 0 Å². The van der Waals surface area contributed by atoms with E-state index < -0.39 is 0 Å². The van der Waals surface area contributed by atoms with E-state index in [0.717, 1.165) is 10.9 Å². The molecular formula is C16H14N2O3S. The molecule has 0 unspecified atom stereocenters. The maximum absolute atomic E-state index is 12.4. The highest BCUT2D eigenvalue weighted by atomic mass is 32.1. The van der Waals surface area contributed by atoms with Crippen molar-refractivity contribution in [2.75, 3.05) is 5.32 Å². The summed E-state index contributed by atoms with van der Waals surface area (Å²) in [5.74, 6) is -0.161. The van der Waals surface area contributed by atoms with Gasteiger partial charge in [0, 0.05) is 17.9 Å². The number of nitrogens with one attached hydrogen (secondary N) is 1. The largest absolute Gasteiger partial charge is 0.451 e. The molecule has 1 aromatic carbocycles. The average Bonchev–Trinajstić information content (AvgIpc) is 3.00. The Balaban J connectivity index is 1.92. The second-order valence-electron chi connectivity index (χ2n) is 5.00. The number of carbonyl (C=O) groups is 2. The number of para-hydroxylation sites is 1.